The lowest BCUT2D eigenvalue weighted by molar-refractivity contribution is -0.168. The van der Waals surface area contributed by atoms with E-state index in [9.17, 15) is 18.8 Å². The molecule has 0 bridgehead atoms. The van der Waals surface area contributed by atoms with Crippen molar-refractivity contribution in [1.29, 1.82) is 0 Å². The van der Waals surface area contributed by atoms with E-state index in [0.717, 1.165) is 6.07 Å². The minimum Gasteiger partial charge on any atom is -0.484 e. The van der Waals surface area contributed by atoms with E-state index in [-0.39, 0.29) is 22.3 Å². The highest BCUT2D eigenvalue weighted by Crippen LogP contribution is 2.42. The molecule has 1 aliphatic rings. The molecule has 0 radical (unpaired) electrons. The van der Waals surface area contributed by atoms with Gasteiger partial charge in [0.25, 0.3) is 5.91 Å². The zero-order valence-corrected chi connectivity index (χ0v) is 20.4. The van der Waals surface area contributed by atoms with E-state index in [2.05, 4.69) is 5.32 Å². The van der Waals surface area contributed by atoms with Gasteiger partial charge in [0.2, 0.25) is 0 Å². The molecule has 9 heteroatoms. The monoisotopic (exact) mass is 490 g/mol. The van der Waals surface area contributed by atoms with Crippen molar-refractivity contribution in [3.8, 4) is 5.75 Å². The number of fused-ring (bicyclic) bond motifs is 1. The maximum Gasteiger partial charge on any atom is 0.323 e. The van der Waals surface area contributed by atoms with Crippen molar-refractivity contribution in [2.75, 3.05) is 0 Å². The number of amides is 1. The van der Waals surface area contributed by atoms with Crippen LogP contribution < -0.4 is 15.8 Å². The SMILES string of the molecule is CC(=O)c1ccc2c(c1)[C@H](NC(=O)c1ccc(F)c(Cl)c1)[C@H](OC(=O)[C@H](N)C(C)C)C(C)(C)O2. The van der Waals surface area contributed by atoms with Crippen LogP contribution in [0.2, 0.25) is 5.02 Å². The summed E-state index contributed by atoms with van der Waals surface area (Å²) in [5.74, 6) is -1.80. The second-order valence-electron chi connectivity index (χ2n) is 9.22. The van der Waals surface area contributed by atoms with Gasteiger partial charge < -0.3 is 20.5 Å². The molecule has 0 saturated heterocycles. The highest BCUT2D eigenvalue weighted by atomic mass is 35.5. The predicted molar refractivity (Wildman–Crippen MR) is 125 cm³/mol. The van der Waals surface area contributed by atoms with Crippen molar-refractivity contribution in [1.82, 2.24) is 5.32 Å². The Hall–Kier alpha value is -2.97. The summed E-state index contributed by atoms with van der Waals surface area (Å²) >= 11 is 5.85. The van der Waals surface area contributed by atoms with Crippen molar-refractivity contribution < 1.29 is 28.2 Å². The Bertz CT molecular complexity index is 1130. The summed E-state index contributed by atoms with van der Waals surface area (Å²) in [4.78, 5) is 37.9. The molecular weight excluding hydrogens is 463 g/mol. The highest BCUT2D eigenvalue weighted by Gasteiger charge is 2.48. The molecule has 0 fully saturated rings. The molecule has 2 aromatic carbocycles. The van der Waals surface area contributed by atoms with Crippen LogP contribution in [-0.2, 0) is 9.53 Å². The molecular formula is C25H28ClFN2O5. The van der Waals surface area contributed by atoms with E-state index in [0.29, 0.717) is 16.9 Å². The summed E-state index contributed by atoms with van der Waals surface area (Å²) < 4.78 is 25.5. The summed E-state index contributed by atoms with van der Waals surface area (Å²) in [6.45, 7) is 8.45. The van der Waals surface area contributed by atoms with Gasteiger partial charge in [-0.3, -0.25) is 14.4 Å². The lowest BCUT2D eigenvalue weighted by Gasteiger charge is -2.44. The predicted octanol–water partition coefficient (Wildman–Crippen LogP) is 4.22. The number of halogens is 2. The topological polar surface area (TPSA) is 108 Å². The molecule has 3 atom stereocenters. The number of benzene rings is 2. The number of carbonyl (C=O) groups is 3. The number of esters is 1. The van der Waals surface area contributed by atoms with E-state index in [1.54, 1.807) is 45.9 Å². The highest BCUT2D eigenvalue weighted by molar-refractivity contribution is 6.31. The molecule has 0 aliphatic carbocycles. The van der Waals surface area contributed by atoms with Crippen molar-refractivity contribution in [3.63, 3.8) is 0 Å². The fourth-order valence-electron chi connectivity index (χ4n) is 3.71. The van der Waals surface area contributed by atoms with Gasteiger partial charge >= 0.3 is 5.97 Å². The van der Waals surface area contributed by atoms with Crippen LogP contribution in [0.4, 0.5) is 4.39 Å². The largest absolute Gasteiger partial charge is 0.484 e. The Morgan fingerprint density at radius 2 is 1.79 bits per heavy atom. The molecule has 0 spiro atoms. The van der Waals surface area contributed by atoms with Gasteiger partial charge in [-0.1, -0.05) is 25.4 Å². The number of hydrogen-bond acceptors (Lipinski definition) is 6. The number of nitrogens with one attached hydrogen (secondary N) is 1. The molecule has 34 heavy (non-hydrogen) atoms. The Morgan fingerprint density at radius 3 is 2.38 bits per heavy atom. The first-order valence-electron chi connectivity index (χ1n) is 10.9. The fourth-order valence-corrected chi connectivity index (χ4v) is 3.89. The molecule has 0 aromatic heterocycles. The number of carbonyl (C=O) groups excluding carboxylic acids is 3. The van der Waals surface area contributed by atoms with Crippen LogP contribution in [0, 0.1) is 11.7 Å². The fraction of sp³-hybridized carbons (Fsp3) is 0.400. The number of ether oxygens (including phenoxy) is 2. The lowest BCUT2D eigenvalue weighted by Crippen LogP contribution is -2.56. The number of hydrogen-bond donors (Lipinski definition) is 2. The molecule has 1 heterocycles. The minimum atomic E-state index is -1.06. The van der Waals surface area contributed by atoms with E-state index >= 15 is 0 Å². The Kier molecular flexibility index (Phi) is 7.33. The normalized spacial score (nSPS) is 19.6. The average molecular weight is 491 g/mol. The van der Waals surface area contributed by atoms with Crippen LogP contribution >= 0.6 is 11.6 Å². The third-order valence-electron chi connectivity index (χ3n) is 5.81. The van der Waals surface area contributed by atoms with Crippen LogP contribution in [0.15, 0.2) is 36.4 Å². The first-order chi connectivity index (χ1) is 15.8. The van der Waals surface area contributed by atoms with Crippen molar-refractivity contribution >= 4 is 29.3 Å². The maximum absolute atomic E-state index is 13.6. The van der Waals surface area contributed by atoms with Gasteiger partial charge in [-0.05, 0) is 63.1 Å². The molecule has 0 saturated carbocycles. The zero-order valence-electron chi connectivity index (χ0n) is 19.6. The van der Waals surface area contributed by atoms with E-state index in [4.69, 9.17) is 26.8 Å². The summed E-state index contributed by atoms with van der Waals surface area (Å²) in [5.41, 5.74) is 5.91. The first-order valence-corrected chi connectivity index (χ1v) is 11.3. The zero-order chi connectivity index (χ0) is 25.4. The van der Waals surface area contributed by atoms with Crippen LogP contribution in [0.25, 0.3) is 0 Å². The lowest BCUT2D eigenvalue weighted by atomic mass is 9.85. The molecule has 1 amide bonds. The molecule has 1 aliphatic heterocycles. The van der Waals surface area contributed by atoms with Crippen molar-refractivity contribution in [2.45, 2.75) is 58.4 Å². The summed E-state index contributed by atoms with van der Waals surface area (Å²) in [7, 11) is 0. The molecule has 3 rings (SSSR count). The Morgan fingerprint density at radius 1 is 1.15 bits per heavy atom. The van der Waals surface area contributed by atoms with E-state index in [1.165, 1.54) is 19.1 Å². The Balaban J connectivity index is 2.07. The van der Waals surface area contributed by atoms with Gasteiger partial charge in [0.15, 0.2) is 11.9 Å². The second kappa shape index (κ2) is 9.72. The minimum absolute atomic E-state index is 0.115. The molecule has 2 aromatic rings. The van der Waals surface area contributed by atoms with Crippen LogP contribution in [-0.4, -0.2) is 35.4 Å². The first kappa shape index (κ1) is 25.6. The van der Waals surface area contributed by atoms with Gasteiger partial charge in [0.1, 0.15) is 23.2 Å². The van der Waals surface area contributed by atoms with E-state index < -0.39 is 41.5 Å². The van der Waals surface area contributed by atoms with Gasteiger partial charge in [-0.15, -0.1) is 0 Å². The van der Waals surface area contributed by atoms with Crippen molar-refractivity contribution in [2.24, 2.45) is 11.7 Å². The molecule has 7 nitrogen and oxygen atoms in total. The summed E-state index contributed by atoms with van der Waals surface area (Å²) in [6, 6.07) is 6.68. The number of nitrogens with two attached hydrogens (primary N) is 1. The quantitative estimate of drug-likeness (QED) is 0.463. The standard InChI is InChI=1S/C25H28ClFN2O5/c1-12(2)20(28)24(32)33-22-21(29-23(31)15-6-8-18(27)17(26)11-15)16-10-14(13(3)30)7-9-19(16)34-25(22,4)5/h6-12,20-22H,28H2,1-5H3,(H,29,31)/t20-,21+,22+/m1/s1. The molecule has 182 valence electrons. The van der Waals surface area contributed by atoms with E-state index in [1.807, 2.05) is 0 Å². The molecule has 0 unspecified atom stereocenters. The van der Waals surface area contributed by atoms with Crippen LogP contribution in [0.3, 0.4) is 0 Å². The smallest absolute Gasteiger partial charge is 0.323 e. The number of ketones is 1. The second-order valence-corrected chi connectivity index (χ2v) is 9.63. The number of Topliss-reactive ketones (excluding diaryl/α,β-unsaturated/α-hetero) is 1. The van der Waals surface area contributed by atoms with Gasteiger partial charge in [-0.2, -0.15) is 0 Å². The molecule has 3 N–H and O–H groups in total. The third kappa shape index (κ3) is 5.23. The average Bonchev–Trinajstić information content (AvgIpc) is 2.76. The van der Waals surface area contributed by atoms with Gasteiger partial charge in [-0.25, -0.2) is 4.39 Å². The number of rotatable bonds is 6. The van der Waals surface area contributed by atoms with Gasteiger partial charge in [0, 0.05) is 16.7 Å². The van der Waals surface area contributed by atoms with Crippen molar-refractivity contribution in [3.05, 3.63) is 63.9 Å². The van der Waals surface area contributed by atoms with Crippen LogP contribution in [0.5, 0.6) is 5.75 Å². The maximum atomic E-state index is 13.6. The van der Waals surface area contributed by atoms with Crippen LogP contribution in [0.1, 0.15) is 66.9 Å². The third-order valence-corrected chi connectivity index (χ3v) is 6.10. The summed E-state index contributed by atoms with van der Waals surface area (Å²) in [5, 5.41) is 2.65. The summed E-state index contributed by atoms with van der Waals surface area (Å²) in [6.07, 6.45) is -0.987. The Labute approximate surface area is 202 Å². The van der Waals surface area contributed by atoms with Gasteiger partial charge in [0.05, 0.1) is 11.1 Å².